The minimum atomic E-state index is -2.49. The number of rotatable bonds is 26. The lowest BCUT2D eigenvalue weighted by Crippen LogP contribution is -2.51. The molecule has 0 heterocycles. The molecule has 0 amide bonds. The van der Waals surface area contributed by atoms with Gasteiger partial charge in [-0.3, -0.25) is 0 Å². The zero-order valence-electron chi connectivity index (χ0n) is 24.7. The van der Waals surface area contributed by atoms with E-state index in [0.29, 0.717) is 5.92 Å². The van der Waals surface area contributed by atoms with Crippen LogP contribution < -0.4 is 0 Å². The highest BCUT2D eigenvalue weighted by atomic mass is 28.5. The predicted octanol–water partition coefficient (Wildman–Crippen LogP) is 10.3. The molecule has 0 rings (SSSR count). The van der Waals surface area contributed by atoms with Crippen LogP contribution in [-0.4, -0.2) is 29.8 Å². The van der Waals surface area contributed by atoms with Crippen LogP contribution in [-0.2, 0) is 13.0 Å². The summed E-state index contributed by atoms with van der Waals surface area (Å²) < 4.78 is 19.1. The second kappa shape index (κ2) is 21.8. The van der Waals surface area contributed by atoms with Crippen molar-refractivity contribution in [3.8, 4) is 0 Å². The lowest BCUT2D eigenvalue weighted by atomic mass is 10.0. The van der Waals surface area contributed by atoms with E-state index in [4.69, 9.17) is 13.0 Å². The van der Waals surface area contributed by atoms with E-state index in [-0.39, 0.29) is 6.10 Å². The molecular weight excluding hydrogens is 464 g/mol. The first-order valence-electron chi connectivity index (χ1n) is 15.0. The Morgan fingerprint density at radius 1 is 0.629 bits per heavy atom. The largest absolute Gasteiger partial charge is 0.409 e. The van der Waals surface area contributed by atoms with Crippen LogP contribution >= 0.6 is 0 Å². The first-order valence-corrected chi connectivity index (χ1v) is 19.8. The second-order valence-electron chi connectivity index (χ2n) is 11.3. The molecule has 0 aromatic carbocycles. The summed E-state index contributed by atoms with van der Waals surface area (Å²) in [5, 5.41) is 0. The molecule has 0 radical (unpaired) electrons. The van der Waals surface area contributed by atoms with Crippen LogP contribution in [0, 0.1) is 5.92 Å². The number of unbranched alkanes of at least 4 members (excludes halogenated alkanes) is 15. The van der Waals surface area contributed by atoms with Crippen molar-refractivity contribution in [2.45, 2.75) is 156 Å². The van der Waals surface area contributed by atoms with Crippen molar-refractivity contribution >= 4 is 17.1 Å². The Balaban J connectivity index is 3.84. The van der Waals surface area contributed by atoms with E-state index in [1.54, 1.807) is 0 Å². The van der Waals surface area contributed by atoms with Gasteiger partial charge in [-0.05, 0) is 38.8 Å². The fraction of sp³-hybridized carbons (Fsp3) is 0.867. The lowest BCUT2D eigenvalue weighted by molar-refractivity contribution is 0.139. The van der Waals surface area contributed by atoms with Gasteiger partial charge in [0.25, 0.3) is 0 Å². The fourth-order valence-electron chi connectivity index (χ4n) is 4.68. The molecule has 0 aliphatic heterocycles. The van der Waals surface area contributed by atoms with E-state index in [0.717, 1.165) is 19.4 Å². The van der Waals surface area contributed by atoms with E-state index in [1.807, 2.05) is 11.4 Å². The third-order valence-corrected chi connectivity index (χ3v) is 13.1. The molecule has 208 valence electrons. The summed E-state index contributed by atoms with van der Waals surface area (Å²) in [6, 6.07) is 0. The van der Waals surface area contributed by atoms with Crippen molar-refractivity contribution in [3.05, 3.63) is 24.6 Å². The highest BCUT2D eigenvalue weighted by molar-refractivity contribution is 6.84. The molecule has 0 saturated heterocycles. The molecule has 0 N–H and O–H groups in total. The van der Waals surface area contributed by atoms with Crippen LogP contribution in [0.25, 0.3) is 0 Å². The van der Waals surface area contributed by atoms with Crippen molar-refractivity contribution < 1.29 is 13.0 Å². The van der Waals surface area contributed by atoms with Gasteiger partial charge in [-0.25, -0.2) is 0 Å². The summed E-state index contributed by atoms with van der Waals surface area (Å²) in [6.45, 7) is 21.8. The van der Waals surface area contributed by atoms with Crippen LogP contribution in [0.3, 0.4) is 0 Å². The minimum absolute atomic E-state index is 0.160. The molecule has 5 heteroatoms. The first-order chi connectivity index (χ1) is 16.7. The molecule has 35 heavy (non-hydrogen) atoms. The molecule has 3 atom stereocenters. The van der Waals surface area contributed by atoms with Crippen molar-refractivity contribution in [3.63, 3.8) is 0 Å². The quantitative estimate of drug-likeness (QED) is 0.0828. The molecule has 0 fully saturated rings. The summed E-state index contributed by atoms with van der Waals surface area (Å²) in [6.07, 6.45) is 23.2. The Labute approximate surface area is 223 Å². The SMILES string of the molecule is C=C[Si](C)(OCCCCCCCCCCCCCCCCCC)O[Si](C)(C=C)OC(C)CC(C)C. The highest BCUT2D eigenvalue weighted by Crippen LogP contribution is 2.23. The monoisotopic (exact) mass is 526 g/mol. The molecule has 0 saturated carbocycles. The Morgan fingerprint density at radius 3 is 1.40 bits per heavy atom. The average molecular weight is 527 g/mol. The van der Waals surface area contributed by atoms with E-state index in [1.165, 1.54) is 96.3 Å². The van der Waals surface area contributed by atoms with E-state index < -0.39 is 17.1 Å². The molecule has 3 nitrogen and oxygen atoms in total. The maximum atomic E-state index is 6.50. The van der Waals surface area contributed by atoms with Gasteiger partial charge in [0, 0.05) is 12.7 Å². The van der Waals surface area contributed by atoms with Gasteiger partial charge in [0.15, 0.2) is 0 Å². The second-order valence-corrected chi connectivity index (χ2v) is 17.5. The normalized spacial score (nSPS) is 16.1. The van der Waals surface area contributed by atoms with Crippen LogP contribution in [0.4, 0.5) is 0 Å². The number of hydrogen-bond donors (Lipinski definition) is 0. The summed E-state index contributed by atoms with van der Waals surface area (Å²) in [5.41, 5.74) is 3.78. The van der Waals surface area contributed by atoms with Crippen LogP contribution in [0.15, 0.2) is 24.6 Å². The summed E-state index contributed by atoms with van der Waals surface area (Å²) in [4.78, 5) is 0. The molecule has 0 spiro atoms. The first kappa shape index (κ1) is 34.8. The smallest absolute Gasteiger partial charge is 0.352 e. The van der Waals surface area contributed by atoms with Crippen molar-refractivity contribution in [1.82, 2.24) is 0 Å². The molecule has 0 aromatic rings. The minimum Gasteiger partial charge on any atom is -0.409 e. The van der Waals surface area contributed by atoms with Gasteiger partial charge in [-0.2, -0.15) is 0 Å². The fourth-order valence-corrected chi connectivity index (χ4v) is 10.7. The van der Waals surface area contributed by atoms with Gasteiger partial charge in [-0.15, -0.1) is 13.2 Å². The van der Waals surface area contributed by atoms with Gasteiger partial charge in [0.2, 0.25) is 0 Å². The van der Waals surface area contributed by atoms with Crippen molar-refractivity contribution in [2.24, 2.45) is 5.92 Å². The molecular formula is C30H62O3Si2. The Bertz CT molecular complexity index is 514. The third-order valence-electron chi connectivity index (χ3n) is 6.77. The van der Waals surface area contributed by atoms with E-state index in [9.17, 15) is 0 Å². The average Bonchev–Trinajstić information content (AvgIpc) is 2.80. The predicted molar refractivity (Wildman–Crippen MR) is 160 cm³/mol. The van der Waals surface area contributed by atoms with Crippen LogP contribution in [0.2, 0.25) is 13.1 Å². The van der Waals surface area contributed by atoms with Gasteiger partial charge in [0.05, 0.1) is 0 Å². The topological polar surface area (TPSA) is 27.7 Å². The van der Waals surface area contributed by atoms with Crippen LogP contribution in [0.5, 0.6) is 0 Å². The molecule has 0 bridgehead atoms. The maximum absolute atomic E-state index is 6.50. The van der Waals surface area contributed by atoms with Gasteiger partial charge in [-0.1, -0.05) is 128 Å². The van der Waals surface area contributed by atoms with Gasteiger partial charge >= 0.3 is 17.1 Å². The highest BCUT2D eigenvalue weighted by Gasteiger charge is 2.40. The summed E-state index contributed by atoms with van der Waals surface area (Å²) >= 11 is 0. The Morgan fingerprint density at radius 2 is 1.03 bits per heavy atom. The zero-order valence-corrected chi connectivity index (χ0v) is 26.7. The van der Waals surface area contributed by atoms with Crippen molar-refractivity contribution in [1.29, 1.82) is 0 Å². The Kier molecular flexibility index (Phi) is 21.7. The van der Waals surface area contributed by atoms with Crippen LogP contribution in [0.1, 0.15) is 137 Å². The Hall–Kier alpha value is -0.206. The van der Waals surface area contributed by atoms with E-state index >= 15 is 0 Å². The standard InChI is InChI=1S/C30H62O3Si2/c1-9-12-13-14-15-16-17-18-19-20-21-22-23-24-25-26-27-31-34(7,10-2)33-35(8,11-3)32-30(6)28-29(4)5/h10-11,29-30H,2-3,9,12-28H2,1,4-8H3. The van der Waals surface area contributed by atoms with Gasteiger partial charge in [0.1, 0.15) is 0 Å². The van der Waals surface area contributed by atoms with Crippen molar-refractivity contribution in [2.75, 3.05) is 6.61 Å². The molecule has 3 unspecified atom stereocenters. The lowest BCUT2D eigenvalue weighted by Gasteiger charge is -2.35. The van der Waals surface area contributed by atoms with E-state index in [2.05, 4.69) is 53.9 Å². The maximum Gasteiger partial charge on any atom is 0.352 e. The van der Waals surface area contributed by atoms with Gasteiger partial charge < -0.3 is 13.0 Å². The zero-order chi connectivity index (χ0) is 26.4. The molecule has 0 aliphatic rings. The summed E-state index contributed by atoms with van der Waals surface area (Å²) in [5.74, 6) is 0.599. The molecule has 0 aliphatic carbocycles. The molecule has 0 aromatic heterocycles. The summed E-state index contributed by atoms with van der Waals surface area (Å²) in [7, 11) is -4.96. The third kappa shape index (κ3) is 20.5. The number of hydrogen-bond acceptors (Lipinski definition) is 3.